The van der Waals surface area contributed by atoms with E-state index in [-0.39, 0.29) is 0 Å². The van der Waals surface area contributed by atoms with Gasteiger partial charge in [0, 0.05) is 9.65 Å². The largest absolute Gasteiger partial charge is 0.0884 e. The van der Waals surface area contributed by atoms with Gasteiger partial charge in [-0.1, -0.05) is 31.9 Å². The van der Waals surface area contributed by atoms with Gasteiger partial charge in [-0.15, -0.1) is 0 Å². The lowest BCUT2D eigenvalue weighted by molar-refractivity contribution is 0.0379. The van der Waals surface area contributed by atoms with Crippen molar-refractivity contribution in [2.45, 2.75) is 35.3 Å². The fourth-order valence-electron chi connectivity index (χ4n) is 3.77. The zero-order chi connectivity index (χ0) is 8.29. The van der Waals surface area contributed by atoms with Crippen LogP contribution in [0.3, 0.4) is 0 Å². The van der Waals surface area contributed by atoms with Crippen LogP contribution in [0.5, 0.6) is 0 Å². The molecule has 4 aliphatic rings. The molecule has 0 aromatic carbocycles. The maximum Gasteiger partial charge on any atom is 0.0213 e. The van der Waals surface area contributed by atoms with Crippen molar-refractivity contribution in [1.29, 1.82) is 0 Å². The molecule has 4 rings (SSSR count). The van der Waals surface area contributed by atoms with E-state index in [1.807, 2.05) is 0 Å². The van der Waals surface area contributed by atoms with E-state index in [1.165, 1.54) is 25.7 Å². The minimum Gasteiger partial charge on any atom is -0.0884 e. The lowest BCUT2D eigenvalue weighted by atomic mass is 9.56. The van der Waals surface area contributed by atoms with E-state index < -0.39 is 0 Å². The molecule has 0 radical (unpaired) electrons. The molecule has 4 bridgehead atoms. The highest BCUT2D eigenvalue weighted by atomic mass is 79.9. The topological polar surface area (TPSA) is 0 Å². The molecule has 0 saturated heterocycles. The third-order valence-electron chi connectivity index (χ3n) is 4.20. The third-order valence-corrected chi connectivity index (χ3v) is 7.06. The molecule has 0 aromatic rings. The summed E-state index contributed by atoms with van der Waals surface area (Å²) < 4.78 is 0. The molecule has 0 heterocycles. The van der Waals surface area contributed by atoms with Crippen molar-refractivity contribution in [3.63, 3.8) is 0 Å². The van der Waals surface area contributed by atoms with Crippen molar-refractivity contribution in [1.82, 2.24) is 0 Å². The van der Waals surface area contributed by atoms with Crippen molar-refractivity contribution < 1.29 is 0 Å². The zero-order valence-electron chi connectivity index (χ0n) is 7.05. The van der Waals surface area contributed by atoms with Gasteiger partial charge in [0.2, 0.25) is 0 Å². The van der Waals surface area contributed by atoms with Gasteiger partial charge in [0.15, 0.2) is 0 Å². The lowest BCUT2D eigenvalue weighted by Crippen LogP contribution is -2.51. The van der Waals surface area contributed by atoms with Gasteiger partial charge < -0.3 is 0 Å². The quantitative estimate of drug-likeness (QED) is 0.599. The summed E-state index contributed by atoms with van der Waals surface area (Å²) in [6, 6.07) is 0. The summed E-state index contributed by atoms with van der Waals surface area (Å²) in [4.78, 5) is 1.66. The highest BCUT2D eigenvalue weighted by molar-refractivity contribution is 9.10. The van der Waals surface area contributed by atoms with Crippen molar-refractivity contribution in [3.05, 3.63) is 0 Å². The van der Waals surface area contributed by atoms with Gasteiger partial charge in [-0.25, -0.2) is 0 Å². The van der Waals surface area contributed by atoms with Gasteiger partial charge >= 0.3 is 0 Å². The van der Waals surface area contributed by atoms with E-state index in [2.05, 4.69) is 31.9 Å². The van der Waals surface area contributed by atoms with Crippen molar-refractivity contribution >= 4 is 31.9 Å². The Morgan fingerprint density at radius 1 is 0.750 bits per heavy atom. The number of halogens is 2. The number of hydrogen-bond acceptors (Lipinski definition) is 0. The van der Waals surface area contributed by atoms with Crippen LogP contribution in [-0.4, -0.2) is 9.65 Å². The fourth-order valence-corrected chi connectivity index (χ4v) is 6.13. The standard InChI is InChI=1S/C10H14Br2/c11-9-6-1-5-2-7(4-6)10(12)8(9)3-5/h5-10H,1-4H2/t5?,6?,7?,8?,9-,10+. The van der Waals surface area contributed by atoms with E-state index in [4.69, 9.17) is 0 Å². The smallest absolute Gasteiger partial charge is 0.0213 e. The first-order valence-electron chi connectivity index (χ1n) is 5.04. The second kappa shape index (κ2) is 2.73. The lowest BCUT2D eigenvalue weighted by Gasteiger charge is -2.55. The molecule has 12 heavy (non-hydrogen) atoms. The van der Waals surface area contributed by atoms with Crippen LogP contribution in [-0.2, 0) is 0 Å². The van der Waals surface area contributed by atoms with E-state index in [9.17, 15) is 0 Å². The molecule has 0 aromatic heterocycles. The van der Waals surface area contributed by atoms with Gasteiger partial charge in [0.1, 0.15) is 0 Å². The Balaban J connectivity index is 1.93. The van der Waals surface area contributed by atoms with Gasteiger partial charge in [-0.05, 0) is 49.4 Å². The van der Waals surface area contributed by atoms with Crippen molar-refractivity contribution in [2.24, 2.45) is 23.7 Å². The van der Waals surface area contributed by atoms with Crippen LogP contribution < -0.4 is 0 Å². The van der Waals surface area contributed by atoms with Crippen LogP contribution in [0, 0.1) is 23.7 Å². The molecular formula is C10H14Br2. The monoisotopic (exact) mass is 292 g/mol. The Morgan fingerprint density at radius 3 is 1.92 bits per heavy atom. The summed E-state index contributed by atoms with van der Waals surface area (Å²) in [5.41, 5.74) is 0. The molecule has 0 amide bonds. The predicted octanol–water partition coefficient (Wildman–Crippen LogP) is 3.58. The molecule has 68 valence electrons. The highest BCUT2D eigenvalue weighted by Crippen LogP contribution is 2.57. The molecule has 4 aliphatic carbocycles. The second-order valence-corrected chi connectivity index (χ2v) is 7.00. The molecule has 2 heteroatoms. The summed E-state index contributed by atoms with van der Waals surface area (Å²) in [6.45, 7) is 0. The second-order valence-electron chi connectivity index (χ2n) is 4.88. The average molecular weight is 294 g/mol. The number of alkyl halides is 2. The molecular weight excluding hydrogens is 280 g/mol. The van der Waals surface area contributed by atoms with Crippen LogP contribution >= 0.6 is 31.9 Å². The highest BCUT2D eigenvalue weighted by Gasteiger charge is 2.51. The van der Waals surface area contributed by atoms with Crippen molar-refractivity contribution in [2.75, 3.05) is 0 Å². The first-order chi connectivity index (χ1) is 5.75. The summed E-state index contributed by atoms with van der Waals surface area (Å²) in [7, 11) is 0. The van der Waals surface area contributed by atoms with Gasteiger partial charge in [-0.2, -0.15) is 0 Å². The Hall–Kier alpha value is 0.960. The Kier molecular flexibility index (Phi) is 1.88. The Labute approximate surface area is 90.7 Å². The molecule has 6 atom stereocenters. The van der Waals surface area contributed by atoms with Crippen LogP contribution in [0.4, 0.5) is 0 Å². The molecule has 4 unspecified atom stereocenters. The van der Waals surface area contributed by atoms with Gasteiger partial charge in [0.25, 0.3) is 0 Å². The minimum atomic E-state index is 0.828. The Morgan fingerprint density at radius 2 is 1.33 bits per heavy atom. The van der Waals surface area contributed by atoms with Crippen LogP contribution in [0.1, 0.15) is 25.7 Å². The molecule has 4 fully saturated rings. The summed E-state index contributed by atoms with van der Waals surface area (Å²) >= 11 is 7.78. The maximum absolute atomic E-state index is 3.89. The van der Waals surface area contributed by atoms with Crippen LogP contribution in [0.15, 0.2) is 0 Å². The molecule has 0 spiro atoms. The van der Waals surface area contributed by atoms with Gasteiger partial charge in [0.05, 0.1) is 0 Å². The van der Waals surface area contributed by atoms with E-state index in [0.29, 0.717) is 0 Å². The Bertz CT molecular complexity index is 186. The van der Waals surface area contributed by atoms with Gasteiger partial charge in [-0.3, -0.25) is 0 Å². The van der Waals surface area contributed by atoms with E-state index >= 15 is 0 Å². The first-order valence-corrected chi connectivity index (χ1v) is 6.87. The van der Waals surface area contributed by atoms with E-state index in [1.54, 1.807) is 0 Å². The SMILES string of the molecule is Br[C@@H]1C2CC3CC(C2)[C@H](Br)C1C3. The zero-order valence-corrected chi connectivity index (χ0v) is 10.2. The van der Waals surface area contributed by atoms with Crippen LogP contribution in [0.25, 0.3) is 0 Å². The average Bonchev–Trinajstić information content (AvgIpc) is 2.07. The maximum atomic E-state index is 3.89. The van der Waals surface area contributed by atoms with E-state index in [0.717, 1.165) is 33.3 Å². The number of hydrogen-bond donors (Lipinski definition) is 0. The minimum absolute atomic E-state index is 0.828. The van der Waals surface area contributed by atoms with Crippen molar-refractivity contribution in [3.8, 4) is 0 Å². The predicted molar refractivity (Wildman–Crippen MR) is 57.9 cm³/mol. The molecule has 0 N–H and O–H groups in total. The summed E-state index contributed by atoms with van der Waals surface area (Å²) in [5, 5.41) is 0. The molecule has 4 saturated carbocycles. The van der Waals surface area contributed by atoms with Crippen LogP contribution in [0.2, 0.25) is 0 Å². The molecule has 0 aliphatic heterocycles. The summed E-state index contributed by atoms with van der Waals surface area (Å²) in [6.07, 6.45) is 6.00. The summed E-state index contributed by atoms with van der Waals surface area (Å²) in [5.74, 6) is 4.06. The molecule has 0 nitrogen and oxygen atoms in total. The first kappa shape index (κ1) is 8.28. The fraction of sp³-hybridized carbons (Fsp3) is 1.00. The third kappa shape index (κ3) is 1.00. The normalized spacial score (nSPS) is 62.5. The number of rotatable bonds is 0.